The van der Waals surface area contributed by atoms with Crippen LogP contribution in [0.1, 0.15) is 31.2 Å². The molecule has 4 heteroatoms. The molecular weight excluding hydrogens is 248 g/mol. The first-order valence-corrected chi connectivity index (χ1v) is 6.41. The van der Waals surface area contributed by atoms with E-state index >= 15 is 0 Å². The van der Waals surface area contributed by atoms with Crippen LogP contribution in [0.4, 0.5) is 0 Å². The van der Waals surface area contributed by atoms with Gasteiger partial charge in [-0.2, -0.15) is 0 Å². The quantitative estimate of drug-likeness (QED) is 0.892. The first kappa shape index (κ1) is 13.1. The third-order valence-corrected chi connectivity index (χ3v) is 3.13. The van der Waals surface area contributed by atoms with Gasteiger partial charge < -0.3 is 9.73 Å². The van der Waals surface area contributed by atoms with Gasteiger partial charge in [0, 0.05) is 11.1 Å². The summed E-state index contributed by atoms with van der Waals surface area (Å²) >= 11 is 5.91. The predicted molar refractivity (Wildman–Crippen MR) is 72.4 cm³/mol. The number of nitrogens with zero attached hydrogens (tertiary/aromatic N) is 1. The summed E-state index contributed by atoms with van der Waals surface area (Å²) in [6.45, 7) is 5.05. The zero-order valence-electron chi connectivity index (χ0n) is 10.6. The molecule has 0 aliphatic rings. The van der Waals surface area contributed by atoms with Crippen molar-refractivity contribution < 1.29 is 4.42 Å². The van der Waals surface area contributed by atoms with Gasteiger partial charge >= 0.3 is 0 Å². The Morgan fingerprint density at radius 3 is 2.56 bits per heavy atom. The van der Waals surface area contributed by atoms with E-state index < -0.39 is 0 Å². The van der Waals surface area contributed by atoms with Gasteiger partial charge in [0.2, 0.25) is 0 Å². The molecule has 2 aromatic rings. The SMILES string of the molecule is CC(C)C(NCc1cnco1)c1ccc(Cl)cc1. The lowest BCUT2D eigenvalue weighted by molar-refractivity contribution is 0.383. The Labute approximate surface area is 112 Å². The number of hydrogen-bond acceptors (Lipinski definition) is 3. The van der Waals surface area contributed by atoms with Crippen molar-refractivity contribution in [3.63, 3.8) is 0 Å². The first-order chi connectivity index (χ1) is 8.66. The molecule has 2 rings (SSSR count). The van der Waals surface area contributed by atoms with Gasteiger partial charge in [-0.05, 0) is 23.6 Å². The van der Waals surface area contributed by atoms with Crippen LogP contribution in [0.25, 0.3) is 0 Å². The highest BCUT2D eigenvalue weighted by Crippen LogP contribution is 2.23. The van der Waals surface area contributed by atoms with E-state index in [-0.39, 0.29) is 6.04 Å². The van der Waals surface area contributed by atoms with E-state index in [4.69, 9.17) is 16.0 Å². The van der Waals surface area contributed by atoms with Crippen LogP contribution in [0.2, 0.25) is 5.02 Å². The average Bonchev–Trinajstić information content (AvgIpc) is 2.84. The monoisotopic (exact) mass is 264 g/mol. The van der Waals surface area contributed by atoms with E-state index in [1.165, 1.54) is 12.0 Å². The molecule has 1 heterocycles. The normalized spacial score (nSPS) is 12.9. The fourth-order valence-corrected chi connectivity index (χ4v) is 2.07. The van der Waals surface area contributed by atoms with Gasteiger partial charge in [-0.15, -0.1) is 0 Å². The Hall–Kier alpha value is -1.32. The molecule has 0 radical (unpaired) electrons. The summed E-state index contributed by atoms with van der Waals surface area (Å²) in [4.78, 5) is 3.91. The van der Waals surface area contributed by atoms with Crippen molar-refractivity contribution in [3.05, 3.63) is 53.2 Å². The highest BCUT2D eigenvalue weighted by molar-refractivity contribution is 6.30. The zero-order valence-corrected chi connectivity index (χ0v) is 11.3. The molecule has 0 spiro atoms. The van der Waals surface area contributed by atoms with E-state index in [1.54, 1.807) is 6.20 Å². The number of hydrogen-bond donors (Lipinski definition) is 1. The van der Waals surface area contributed by atoms with Crippen LogP contribution in [0.5, 0.6) is 0 Å². The van der Waals surface area contributed by atoms with Crippen molar-refractivity contribution in [1.29, 1.82) is 0 Å². The maximum Gasteiger partial charge on any atom is 0.180 e. The van der Waals surface area contributed by atoms with E-state index in [9.17, 15) is 0 Å². The lowest BCUT2D eigenvalue weighted by Gasteiger charge is -2.22. The highest BCUT2D eigenvalue weighted by atomic mass is 35.5. The molecule has 1 atom stereocenters. The first-order valence-electron chi connectivity index (χ1n) is 6.03. The van der Waals surface area contributed by atoms with Crippen LogP contribution >= 0.6 is 11.6 Å². The lowest BCUT2D eigenvalue weighted by atomic mass is 9.96. The molecule has 1 unspecified atom stereocenters. The zero-order chi connectivity index (χ0) is 13.0. The van der Waals surface area contributed by atoms with Gasteiger partial charge in [-0.3, -0.25) is 0 Å². The van der Waals surface area contributed by atoms with Crippen molar-refractivity contribution in [2.75, 3.05) is 0 Å². The topological polar surface area (TPSA) is 38.1 Å². The molecule has 0 aliphatic heterocycles. The van der Waals surface area contributed by atoms with Crippen LogP contribution in [0.15, 0.2) is 41.3 Å². The fraction of sp³-hybridized carbons (Fsp3) is 0.357. The van der Waals surface area contributed by atoms with Gasteiger partial charge in [-0.25, -0.2) is 4.98 Å². The molecule has 0 amide bonds. The third-order valence-electron chi connectivity index (χ3n) is 2.88. The molecule has 1 N–H and O–H groups in total. The van der Waals surface area contributed by atoms with Crippen molar-refractivity contribution in [3.8, 4) is 0 Å². The van der Waals surface area contributed by atoms with Gasteiger partial charge in [0.15, 0.2) is 6.39 Å². The number of aromatic nitrogens is 1. The summed E-state index contributed by atoms with van der Waals surface area (Å²) in [5, 5.41) is 4.24. The molecule has 18 heavy (non-hydrogen) atoms. The number of benzene rings is 1. The molecule has 0 saturated carbocycles. The van der Waals surface area contributed by atoms with Crippen molar-refractivity contribution >= 4 is 11.6 Å². The molecule has 0 fully saturated rings. The molecule has 0 saturated heterocycles. The molecule has 0 aliphatic carbocycles. The standard InChI is InChI=1S/C14H17ClN2O/c1-10(2)14(11-3-5-12(15)6-4-11)17-8-13-7-16-9-18-13/h3-7,9-10,14,17H,8H2,1-2H3. The maximum absolute atomic E-state index is 5.91. The summed E-state index contributed by atoms with van der Waals surface area (Å²) in [6, 6.07) is 8.22. The second kappa shape index (κ2) is 6.03. The largest absolute Gasteiger partial charge is 0.447 e. The summed E-state index contributed by atoms with van der Waals surface area (Å²) in [5.74, 6) is 1.32. The van der Waals surface area contributed by atoms with Gasteiger partial charge in [-0.1, -0.05) is 37.6 Å². The Kier molecular flexibility index (Phi) is 4.39. The number of rotatable bonds is 5. The molecule has 1 aromatic carbocycles. The summed E-state index contributed by atoms with van der Waals surface area (Å²) in [7, 11) is 0. The second-order valence-electron chi connectivity index (χ2n) is 4.62. The Morgan fingerprint density at radius 2 is 2.00 bits per heavy atom. The van der Waals surface area contributed by atoms with Gasteiger partial charge in [0.25, 0.3) is 0 Å². The lowest BCUT2D eigenvalue weighted by Crippen LogP contribution is -2.25. The van der Waals surface area contributed by atoms with E-state index in [1.807, 2.05) is 12.1 Å². The summed E-state index contributed by atoms with van der Waals surface area (Å²) in [6.07, 6.45) is 3.18. The minimum atomic E-state index is 0.271. The Bertz CT molecular complexity index is 465. The van der Waals surface area contributed by atoms with Gasteiger partial charge in [0.1, 0.15) is 5.76 Å². The Balaban J connectivity index is 2.06. The van der Waals surface area contributed by atoms with Crippen LogP contribution in [0, 0.1) is 5.92 Å². The van der Waals surface area contributed by atoms with Gasteiger partial charge in [0.05, 0.1) is 12.7 Å². The predicted octanol–water partition coefficient (Wildman–Crippen LogP) is 3.81. The van der Waals surface area contributed by atoms with E-state index in [2.05, 4.69) is 36.3 Å². The second-order valence-corrected chi connectivity index (χ2v) is 5.06. The fourth-order valence-electron chi connectivity index (χ4n) is 1.95. The van der Waals surface area contributed by atoms with Crippen molar-refractivity contribution in [2.24, 2.45) is 5.92 Å². The van der Waals surface area contributed by atoms with Crippen LogP contribution in [-0.4, -0.2) is 4.98 Å². The number of halogens is 1. The molecule has 96 valence electrons. The van der Waals surface area contributed by atoms with Crippen molar-refractivity contribution in [2.45, 2.75) is 26.4 Å². The van der Waals surface area contributed by atoms with Crippen LogP contribution < -0.4 is 5.32 Å². The van der Waals surface area contributed by atoms with E-state index in [0.717, 1.165) is 10.8 Å². The maximum atomic E-state index is 5.91. The highest BCUT2D eigenvalue weighted by Gasteiger charge is 2.15. The van der Waals surface area contributed by atoms with Crippen LogP contribution in [0.3, 0.4) is 0 Å². The Morgan fingerprint density at radius 1 is 1.28 bits per heavy atom. The summed E-state index contributed by atoms with van der Waals surface area (Å²) < 4.78 is 5.22. The molecule has 3 nitrogen and oxygen atoms in total. The molecule has 1 aromatic heterocycles. The van der Waals surface area contributed by atoms with Crippen LogP contribution in [-0.2, 0) is 6.54 Å². The molecule has 0 bridgehead atoms. The molecular formula is C14H17ClN2O. The minimum Gasteiger partial charge on any atom is -0.447 e. The van der Waals surface area contributed by atoms with E-state index in [0.29, 0.717) is 12.5 Å². The average molecular weight is 265 g/mol. The summed E-state index contributed by atoms with van der Waals surface area (Å²) in [5.41, 5.74) is 1.23. The van der Waals surface area contributed by atoms with Crippen molar-refractivity contribution in [1.82, 2.24) is 10.3 Å². The minimum absolute atomic E-state index is 0.271. The smallest absolute Gasteiger partial charge is 0.180 e. The number of nitrogens with one attached hydrogen (secondary N) is 1. The third kappa shape index (κ3) is 3.34. The number of oxazole rings is 1.